The quantitative estimate of drug-likeness (QED) is 0.864. The summed E-state index contributed by atoms with van der Waals surface area (Å²) in [6, 6.07) is 9.05. The fraction of sp³-hybridized carbons (Fsp3) is 0.333. The van der Waals surface area contributed by atoms with Gasteiger partial charge in [0.1, 0.15) is 11.5 Å². The van der Waals surface area contributed by atoms with Gasteiger partial charge in [0.05, 0.1) is 18.1 Å². The van der Waals surface area contributed by atoms with Gasteiger partial charge < -0.3 is 14.7 Å². The second kappa shape index (κ2) is 4.80. The van der Waals surface area contributed by atoms with E-state index in [9.17, 15) is 14.7 Å². The number of carboxylic acid groups (broad SMARTS) is 1. The van der Waals surface area contributed by atoms with Gasteiger partial charge in [-0.1, -0.05) is 36.4 Å². The molecule has 1 spiro atoms. The maximum absolute atomic E-state index is 13.1. The van der Waals surface area contributed by atoms with Crippen LogP contribution >= 0.6 is 0 Å². The summed E-state index contributed by atoms with van der Waals surface area (Å²) >= 11 is 0. The standard InChI is InChI=1S/C18H17NO4/c1-2-6-13-18-10-9-12(23-18)14(17(21)22)15(18)16(20)19(13)11-7-4-3-5-8-11/h2-5,7-10,12-15H,1,6H2,(H,21,22)/t12-,13+,14-,15+,18+/m0/s1. The highest BCUT2D eigenvalue weighted by Crippen LogP contribution is 2.56. The molecule has 0 aliphatic carbocycles. The molecule has 0 radical (unpaired) electrons. The zero-order valence-corrected chi connectivity index (χ0v) is 12.5. The van der Waals surface area contributed by atoms with Crippen molar-refractivity contribution >= 4 is 17.6 Å². The van der Waals surface area contributed by atoms with E-state index < -0.39 is 29.5 Å². The lowest BCUT2D eigenvalue weighted by Gasteiger charge is -2.32. The van der Waals surface area contributed by atoms with E-state index in [-0.39, 0.29) is 11.9 Å². The number of ether oxygens (including phenoxy) is 1. The number of amides is 1. The van der Waals surface area contributed by atoms with Crippen LogP contribution in [0.3, 0.4) is 0 Å². The lowest BCUT2D eigenvalue weighted by atomic mass is 9.74. The van der Waals surface area contributed by atoms with Gasteiger partial charge in [-0.15, -0.1) is 6.58 Å². The van der Waals surface area contributed by atoms with Crippen LogP contribution in [0.1, 0.15) is 6.42 Å². The van der Waals surface area contributed by atoms with Gasteiger partial charge in [-0.25, -0.2) is 0 Å². The van der Waals surface area contributed by atoms with E-state index in [4.69, 9.17) is 4.74 Å². The Kier molecular flexibility index (Phi) is 2.96. The Morgan fingerprint density at radius 2 is 2.13 bits per heavy atom. The molecule has 23 heavy (non-hydrogen) atoms. The summed E-state index contributed by atoms with van der Waals surface area (Å²) in [5.74, 6) is -2.66. The number of para-hydroxylation sites is 1. The highest BCUT2D eigenvalue weighted by Gasteiger charge is 2.71. The van der Waals surface area contributed by atoms with E-state index in [0.717, 1.165) is 5.69 Å². The van der Waals surface area contributed by atoms with E-state index in [2.05, 4.69) is 6.58 Å². The van der Waals surface area contributed by atoms with Crippen molar-refractivity contribution < 1.29 is 19.4 Å². The first-order valence-corrected chi connectivity index (χ1v) is 7.69. The summed E-state index contributed by atoms with van der Waals surface area (Å²) in [6.45, 7) is 3.79. The minimum absolute atomic E-state index is 0.178. The number of hydrogen-bond acceptors (Lipinski definition) is 3. The molecule has 1 N–H and O–H groups in total. The van der Waals surface area contributed by atoms with Crippen LogP contribution < -0.4 is 4.90 Å². The van der Waals surface area contributed by atoms with Crippen molar-refractivity contribution in [3.8, 4) is 0 Å². The van der Waals surface area contributed by atoms with E-state index in [1.54, 1.807) is 17.1 Å². The monoisotopic (exact) mass is 311 g/mol. The van der Waals surface area contributed by atoms with Gasteiger partial charge in [0.15, 0.2) is 0 Å². The SMILES string of the molecule is C=CC[C@H]1N(c2ccccc2)C(=O)[C@H]2[C@@H](C(=O)O)[C@@H]3C=C[C@]21O3. The number of rotatable bonds is 4. The first kappa shape index (κ1) is 14.2. The second-order valence-electron chi connectivity index (χ2n) is 6.22. The van der Waals surface area contributed by atoms with E-state index in [0.29, 0.717) is 6.42 Å². The van der Waals surface area contributed by atoms with E-state index in [1.807, 2.05) is 36.4 Å². The number of hydrogen-bond donors (Lipinski definition) is 1. The zero-order valence-electron chi connectivity index (χ0n) is 12.5. The number of aliphatic carboxylic acids is 1. The van der Waals surface area contributed by atoms with Crippen LogP contribution in [0.25, 0.3) is 0 Å². The molecule has 3 aliphatic heterocycles. The molecule has 0 unspecified atom stereocenters. The van der Waals surface area contributed by atoms with Crippen LogP contribution in [-0.2, 0) is 14.3 Å². The molecular formula is C18H17NO4. The Morgan fingerprint density at radius 1 is 1.39 bits per heavy atom. The molecule has 0 aromatic heterocycles. The fourth-order valence-corrected chi connectivity index (χ4v) is 4.27. The van der Waals surface area contributed by atoms with Gasteiger partial charge in [0, 0.05) is 5.69 Å². The molecule has 3 heterocycles. The summed E-state index contributed by atoms with van der Waals surface area (Å²) in [4.78, 5) is 26.5. The van der Waals surface area contributed by atoms with Crippen LogP contribution in [0.15, 0.2) is 55.1 Å². The third-order valence-corrected chi connectivity index (χ3v) is 5.13. The fourth-order valence-electron chi connectivity index (χ4n) is 4.27. The molecule has 5 nitrogen and oxygen atoms in total. The smallest absolute Gasteiger partial charge is 0.310 e. The number of carbonyl (C=O) groups is 2. The van der Waals surface area contributed by atoms with Gasteiger partial charge in [-0.05, 0) is 18.6 Å². The summed E-state index contributed by atoms with van der Waals surface area (Å²) in [5, 5.41) is 9.57. The number of benzene rings is 1. The van der Waals surface area contributed by atoms with Crippen LogP contribution in [-0.4, -0.2) is 34.7 Å². The molecule has 2 bridgehead atoms. The molecule has 2 fully saturated rings. The highest BCUT2D eigenvalue weighted by atomic mass is 16.5. The number of carboxylic acids is 1. The van der Waals surface area contributed by atoms with Crippen molar-refractivity contribution in [3.05, 3.63) is 55.1 Å². The van der Waals surface area contributed by atoms with Crippen molar-refractivity contribution in [1.82, 2.24) is 0 Å². The molecule has 5 atom stereocenters. The van der Waals surface area contributed by atoms with Gasteiger partial charge in [-0.2, -0.15) is 0 Å². The zero-order chi connectivity index (χ0) is 16.2. The number of carbonyl (C=O) groups excluding carboxylic acids is 1. The van der Waals surface area contributed by atoms with E-state index in [1.165, 1.54) is 0 Å². The molecular weight excluding hydrogens is 294 g/mol. The molecule has 2 saturated heterocycles. The predicted octanol–water partition coefficient (Wildman–Crippen LogP) is 2.00. The lowest BCUT2D eigenvalue weighted by molar-refractivity contribution is -0.146. The average molecular weight is 311 g/mol. The van der Waals surface area contributed by atoms with Crippen molar-refractivity contribution in [3.63, 3.8) is 0 Å². The Morgan fingerprint density at radius 3 is 2.78 bits per heavy atom. The van der Waals surface area contributed by atoms with Gasteiger partial charge >= 0.3 is 5.97 Å². The Hall–Kier alpha value is -2.40. The topological polar surface area (TPSA) is 66.8 Å². The summed E-state index contributed by atoms with van der Waals surface area (Å²) in [5.41, 5.74) is -0.104. The third-order valence-electron chi connectivity index (χ3n) is 5.13. The summed E-state index contributed by atoms with van der Waals surface area (Å²) in [6.07, 6.45) is 5.44. The molecule has 118 valence electrons. The van der Waals surface area contributed by atoms with Crippen LogP contribution in [0.4, 0.5) is 5.69 Å². The minimum Gasteiger partial charge on any atom is -0.481 e. The lowest BCUT2D eigenvalue weighted by Crippen LogP contribution is -2.45. The van der Waals surface area contributed by atoms with Crippen LogP contribution in [0.2, 0.25) is 0 Å². The minimum atomic E-state index is -0.980. The summed E-state index contributed by atoms with van der Waals surface area (Å²) in [7, 11) is 0. The molecule has 5 heteroatoms. The van der Waals surface area contributed by atoms with Gasteiger partial charge in [0.2, 0.25) is 5.91 Å². The predicted molar refractivity (Wildman–Crippen MR) is 83.9 cm³/mol. The Bertz CT molecular complexity index is 713. The first-order chi connectivity index (χ1) is 11.1. The molecule has 0 saturated carbocycles. The van der Waals surface area contributed by atoms with Crippen molar-refractivity contribution in [2.45, 2.75) is 24.2 Å². The van der Waals surface area contributed by atoms with Crippen molar-refractivity contribution in [2.75, 3.05) is 4.90 Å². The number of fused-ring (bicyclic) bond motifs is 1. The first-order valence-electron chi connectivity index (χ1n) is 7.69. The normalized spacial score (nSPS) is 37.2. The molecule has 1 aromatic rings. The van der Waals surface area contributed by atoms with Crippen molar-refractivity contribution in [1.29, 1.82) is 0 Å². The average Bonchev–Trinajstić information content (AvgIpc) is 3.18. The van der Waals surface area contributed by atoms with Crippen LogP contribution in [0, 0.1) is 11.8 Å². The molecule has 1 amide bonds. The van der Waals surface area contributed by atoms with E-state index >= 15 is 0 Å². The highest BCUT2D eigenvalue weighted by molar-refractivity contribution is 6.03. The second-order valence-corrected chi connectivity index (χ2v) is 6.22. The van der Waals surface area contributed by atoms with Gasteiger partial charge in [-0.3, -0.25) is 9.59 Å². The van der Waals surface area contributed by atoms with Crippen LogP contribution in [0.5, 0.6) is 0 Å². The maximum Gasteiger partial charge on any atom is 0.310 e. The third kappa shape index (κ3) is 1.71. The van der Waals surface area contributed by atoms with Gasteiger partial charge in [0.25, 0.3) is 0 Å². The van der Waals surface area contributed by atoms with Crippen molar-refractivity contribution in [2.24, 2.45) is 11.8 Å². The molecule has 4 rings (SSSR count). The number of anilines is 1. The Labute approximate surface area is 133 Å². The largest absolute Gasteiger partial charge is 0.481 e. The summed E-state index contributed by atoms with van der Waals surface area (Å²) < 4.78 is 6.04. The molecule has 3 aliphatic rings. The maximum atomic E-state index is 13.1. The molecule has 1 aromatic carbocycles. The number of nitrogens with zero attached hydrogens (tertiary/aromatic N) is 1. The Balaban J connectivity index is 1.85.